The Labute approximate surface area is 258 Å². The van der Waals surface area contributed by atoms with Crippen LogP contribution in [0, 0.1) is 17.1 Å². The molecule has 0 aliphatic carbocycles. The number of sulfonamides is 1. The maximum Gasteiger partial charge on any atom is 0.250 e. The molecule has 4 heterocycles. The highest BCUT2D eigenvalue weighted by molar-refractivity contribution is 7.92. The summed E-state index contributed by atoms with van der Waals surface area (Å²) in [5.74, 6) is -2.77. The second-order valence-corrected chi connectivity index (χ2v) is 15.9. The van der Waals surface area contributed by atoms with E-state index in [4.69, 9.17) is 15.5 Å². The van der Waals surface area contributed by atoms with Crippen LogP contribution in [-0.2, 0) is 14.6 Å². The summed E-state index contributed by atoms with van der Waals surface area (Å²) in [5.41, 5.74) is 7.68. The highest BCUT2D eigenvalue weighted by Gasteiger charge is 2.48. The van der Waals surface area contributed by atoms with Gasteiger partial charge in [-0.2, -0.15) is 9.98 Å². The average molecular weight is 664 g/mol. The van der Waals surface area contributed by atoms with Gasteiger partial charge in [0.05, 0.1) is 17.9 Å². The van der Waals surface area contributed by atoms with Crippen molar-refractivity contribution in [1.82, 2.24) is 4.72 Å². The lowest BCUT2D eigenvalue weighted by atomic mass is 10.1. The van der Waals surface area contributed by atoms with Crippen molar-refractivity contribution in [1.29, 1.82) is 5.26 Å². The first-order chi connectivity index (χ1) is 20.9. The van der Waals surface area contributed by atoms with Gasteiger partial charge in [0.15, 0.2) is 0 Å². The Morgan fingerprint density at radius 3 is 2.41 bits per heavy atom. The molecule has 3 fully saturated rings. The summed E-state index contributed by atoms with van der Waals surface area (Å²) in [6, 6.07) is 10.8. The highest BCUT2D eigenvalue weighted by atomic mass is 32.2. The number of fused-ring (bicyclic) bond motifs is 4. The van der Waals surface area contributed by atoms with E-state index in [0.717, 1.165) is 91.2 Å². The molecule has 6 rings (SSSR count). The van der Waals surface area contributed by atoms with Crippen LogP contribution in [0.2, 0.25) is 0 Å². The van der Waals surface area contributed by atoms with Crippen molar-refractivity contribution < 1.29 is 40.9 Å². The molecule has 17 heteroatoms. The van der Waals surface area contributed by atoms with Crippen LogP contribution >= 0.6 is 18.9 Å². The summed E-state index contributed by atoms with van der Waals surface area (Å²) >= 11 is 0.887. The van der Waals surface area contributed by atoms with E-state index in [0.29, 0.717) is 35.1 Å². The van der Waals surface area contributed by atoms with Crippen molar-refractivity contribution in [3.8, 4) is 11.8 Å². The third-order valence-electron chi connectivity index (χ3n) is 8.68. The topological polar surface area (TPSA) is 191 Å². The Morgan fingerprint density at radius 1 is 1.11 bits per heavy atom. The zero-order valence-electron chi connectivity index (χ0n) is 23.7. The predicted octanol–water partition coefficient (Wildman–Crippen LogP) is 2.54. The van der Waals surface area contributed by atoms with Crippen molar-refractivity contribution in [3.63, 3.8) is 0 Å². The Balaban J connectivity index is 1.22. The lowest BCUT2D eigenvalue weighted by molar-refractivity contribution is -1.08. The number of rotatable bonds is 13. The number of nitrogens with one attached hydrogen (secondary N) is 1. The van der Waals surface area contributed by atoms with Gasteiger partial charge < -0.3 is 28.1 Å². The van der Waals surface area contributed by atoms with E-state index < -0.39 is 34.8 Å². The van der Waals surface area contributed by atoms with Crippen molar-refractivity contribution in [3.05, 3.63) is 69.9 Å². The lowest BCUT2D eigenvalue weighted by Crippen LogP contribution is -2.75. The monoisotopic (exact) mass is 663 g/mol. The van der Waals surface area contributed by atoms with E-state index in [1.807, 2.05) is 4.72 Å². The molecule has 1 aromatic heterocycles. The van der Waals surface area contributed by atoms with Gasteiger partial charge in [-0.05, 0) is 60.5 Å². The fourth-order valence-electron chi connectivity index (χ4n) is 6.02. The molecule has 2 bridgehead atoms. The van der Waals surface area contributed by atoms with E-state index in [9.17, 15) is 27.2 Å². The predicted molar refractivity (Wildman–Crippen MR) is 157 cm³/mol. The fourth-order valence-corrected chi connectivity index (χ4v) is 9.94. The van der Waals surface area contributed by atoms with Gasteiger partial charge in [-0.3, -0.25) is 0 Å². The van der Waals surface area contributed by atoms with E-state index in [1.165, 1.54) is 6.07 Å². The number of nitriles is 1. The number of ether oxygens (including phenoxy) is 1. The zero-order chi connectivity index (χ0) is 31.6. The quantitative estimate of drug-likeness (QED) is 0.0725. The molecular formula is C27H31FN7O6PS2. The Morgan fingerprint density at radius 2 is 1.80 bits per heavy atom. The molecule has 0 amide bonds. The molecule has 44 heavy (non-hydrogen) atoms. The molecule has 234 valence electrons. The first-order valence-electron chi connectivity index (χ1n) is 14.0. The van der Waals surface area contributed by atoms with Crippen LogP contribution in [-0.4, -0.2) is 82.9 Å². The average Bonchev–Trinajstić information content (AvgIpc) is 3.43. The van der Waals surface area contributed by atoms with Crippen molar-refractivity contribution in [2.75, 3.05) is 65.5 Å². The standard InChI is InChI=1S/C27H31FN7O6PS2/c28-24-17-20(2-3-21(24)19-29)27(42(36,37)38)32-44(39,40)26-18-22-16-23(4-5-25(22)43-26)41-15-14-35-11-8-34(9-12-35,10-13-35)7-1-6-31-33-30/h2-5,16-18,27,32H,1,6-15H2. The smallest absolute Gasteiger partial charge is 0.250 e. The largest absolute Gasteiger partial charge is 0.809 e. The number of azide groups is 1. The summed E-state index contributed by atoms with van der Waals surface area (Å²) in [6.07, 6.45) is 0.896. The molecule has 3 saturated heterocycles. The van der Waals surface area contributed by atoms with Crippen LogP contribution in [0.1, 0.15) is 23.3 Å². The fraction of sp³-hybridized carbons (Fsp3) is 0.444. The van der Waals surface area contributed by atoms with Crippen LogP contribution < -0.4 is 19.2 Å². The second kappa shape index (κ2) is 12.7. The van der Waals surface area contributed by atoms with Gasteiger partial charge >= 0.3 is 0 Å². The van der Waals surface area contributed by atoms with E-state index in [-0.39, 0.29) is 9.77 Å². The van der Waals surface area contributed by atoms with Gasteiger partial charge in [0.1, 0.15) is 74.3 Å². The number of benzene rings is 2. The highest BCUT2D eigenvalue weighted by Crippen LogP contribution is 2.44. The Bertz CT molecular complexity index is 1780. The van der Waals surface area contributed by atoms with Gasteiger partial charge in [-0.1, -0.05) is 11.2 Å². The van der Waals surface area contributed by atoms with Gasteiger partial charge in [-0.15, -0.1) is 11.3 Å². The number of halogens is 1. The van der Waals surface area contributed by atoms with Crippen molar-refractivity contribution >= 4 is 39.0 Å². The molecule has 2 aromatic carbocycles. The van der Waals surface area contributed by atoms with Crippen molar-refractivity contribution in [2.24, 2.45) is 5.11 Å². The van der Waals surface area contributed by atoms with Gasteiger partial charge in [-0.25, -0.2) is 12.8 Å². The molecular weight excluding hydrogens is 632 g/mol. The van der Waals surface area contributed by atoms with Crippen LogP contribution in [0.3, 0.4) is 0 Å². The molecule has 1 atom stereocenters. The summed E-state index contributed by atoms with van der Waals surface area (Å²) in [4.78, 5) is 26.8. The Kier molecular flexibility index (Phi) is 9.34. The van der Waals surface area contributed by atoms with Gasteiger partial charge in [0.25, 0.3) is 10.0 Å². The third kappa shape index (κ3) is 7.07. The molecule has 0 saturated carbocycles. The lowest BCUT2D eigenvalue weighted by Gasteiger charge is -2.55. The van der Waals surface area contributed by atoms with Crippen LogP contribution in [0.15, 0.2) is 51.8 Å². The van der Waals surface area contributed by atoms with E-state index in [2.05, 4.69) is 10.0 Å². The van der Waals surface area contributed by atoms with E-state index >= 15 is 0 Å². The number of nitrogens with zero attached hydrogens (tertiary/aromatic N) is 6. The van der Waals surface area contributed by atoms with Crippen LogP contribution in [0.5, 0.6) is 5.75 Å². The maximum absolute atomic E-state index is 14.1. The number of quaternary nitrogens is 2. The summed E-state index contributed by atoms with van der Waals surface area (Å²) < 4.78 is 62.9. The molecule has 1 N–H and O–H groups in total. The van der Waals surface area contributed by atoms with Gasteiger partial charge in [0.2, 0.25) is 0 Å². The first-order valence-corrected chi connectivity index (χ1v) is 17.9. The minimum atomic E-state index is -5.62. The minimum Gasteiger partial charge on any atom is -0.809 e. The third-order valence-corrected chi connectivity index (χ3v) is 12.9. The van der Waals surface area contributed by atoms with Crippen molar-refractivity contribution in [2.45, 2.75) is 16.4 Å². The number of piperazine rings is 3. The molecule has 0 radical (unpaired) electrons. The number of thiophene rings is 1. The van der Waals surface area contributed by atoms with E-state index in [1.54, 1.807) is 24.3 Å². The molecule has 3 aliphatic rings. The van der Waals surface area contributed by atoms with Crippen LogP contribution in [0.4, 0.5) is 4.39 Å². The van der Waals surface area contributed by atoms with Crippen LogP contribution in [0.25, 0.3) is 20.5 Å². The SMILES string of the molecule is N#Cc1ccc(C(NS(=O)(=O)c2cc3cc(OCC[N+]45CC[N+](CCCN=[N+]=[N-])(CC4)CC5)ccc3s2)P(=O)([O-])[O-])cc1F. The Hall–Kier alpha value is -3.09. The molecule has 13 nitrogen and oxygen atoms in total. The number of hydrogen-bond donors (Lipinski definition) is 1. The summed E-state index contributed by atoms with van der Waals surface area (Å²) in [7, 11) is -10.1. The van der Waals surface area contributed by atoms with Gasteiger partial charge in [0, 0.05) is 22.6 Å². The molecule has 3 aromatic rings. The molecule has 1 unspecified atom stereocenters. The summed E-state index contributed by atoms with van der Waals surface area (Å²) in [5, 5.41) is 13.1. The molecule has 3 aliphatic heterocycles. The minimum absolute atomic E-state index is 0.224. The normalized spacial score (nSPS) is 22.3. The number of hydrogen-bond acceptors (Lipinski definition) is 9. The summed E-state index contributed by atoms with van der Waals surface area (Å²) in [6.45, 7) is 9.40. The maximum atomic E-state index is 14.1. The zero-order valence-corrected chi connectivity index (χ0v) is 26.2. The molecule has 0 spiro atoms. The second-order valence-electron chi connectivity index (χ2n) is 11.3. The first kappa shape index (κ1) is 32.3.